The minimum atomic E-state index is -0.801. The Kier molecular flexibility index (Phi) is 7.31. The Bertz CT molecular complexity index is 493. The highest BCUT2D eigenvalue weighted by atomic mass is 32.2. The monoisotopic (exact) mass is 310 g/mol. The zero-order valence-corrected chi connectivity index (χ0v) is 12.5. The molecule has 1 aromatic rings. The fourth-order valence-electron chi connectivity index (χ4n) is 1.56. The molecule has 0 unspecified atom stereocenters. The molecule has 0 saturated heterocycles. The number of carbonyl (C=O) groups excluding carboxylic acids is 3. The molecule has 0 aliphatic carbocycles. The number of thioether (sulfide) groups is 1. The molecule has 0 spiro atoms. The van der Waals surface area contributed by atoms with Crippen molar-refractivity contribution in [2.75, 3.05) is 18.6 Å². The lowest BCUT2D eigenvalue weighted by Crippen LogP contribution is -2.43. The molecular weight excluding hydrogens is 292 g/mol. The molecule has 1 rings (SSSR count). The summed E-state index contributed by atoms with van der Waals surface area (Å²) < 4.78 is 4.76. The second-order valence-electron chi connectivity index (χ2n) is 4.25. The van der Waals surface area contributed by atoms with Gasteiger partial charge in [-0.05, 0) is 30.6 Å². The molecule has 0 bridgehead atoms. The van der Waals surface area contributed by atoms with Crippen LogP contribution < -0.4 is 11.1 Å². The normalized spacial score (nSPS) is 11.5. The number of ether oxygens (including phenoxy) is 1. The van der Waals surface area contributed by atoms with Crippen molar-refractivity contribution in [3.05, 3.63) is 35.9 Å². The topological polar surface area (TPSA) is 98.5 Å². The van der Waals surface area contributed by atoms with Gasteiger partial charge in [-0.2, -0.15) is 11.8 Å². The highest BCUT2D eigenvalue weighted by molar-refractivity contribution is 7.98. The van der Waals surface area contributed by atoms with Crippen LogP contribution in [0.2, 0.25) is 0 Å². The maximum atomic E-state index is 12.0. The molecule has 3 N–H and O–H groups in total. The van der Waals surface area contributed by atoms with Crippen molar-refractivity contribution in [1.82, 2.24) is 5.32 Å². The van der Waals surface area contributed by atoms with Crippen molar-refractivity contribution in [3.8, 4) is 0 Å². The molecule has 7 heteroatoms. The van der Waals surface area contributed by atoms with E-state index >= 15 is 0 Å². The summed E-state index contributed by atoms with van der Waals surface area (Å²) in [5.74, 6) is -1.09. The number of amides is 2. The van der Waals surface area contributed by atoms with Crippen LogP contribution in [0.25, 0.3) is 0 Å². The third-order valence-corrected chi connectivity index (χ3v) is 3.24. The second-order valence-corrected chi connectivity index (χ2v) is 5.23. The van der Waals surface area contributed by atoms with Crippen molar-refractivity contribution < 1.29 is 19.1 Å². The first-order valence-electron chi connectivity index (χ1n) is 6.34. The van der Waals surface area contributed by atoms with Crippen molar-refractivity contribution in [3.63, 3.8) is 0 Å². The summed E-state index contributed by atoms with van der Waals surface area (Å²) in [5.41, 5.74) is 5.38. The number of benzene rings is 1. The van der Waals surface area contributed by atoms with E-state index < -0.39 is 24.5 Å². The third-order valence-electron chi connectivity index (χ3n) is 2.59. The Labute approximate surface area is 127 Å². The summed E-state index contributed by atoms with van der Waals surface area (Å²) in [4.78, 5) is 34.5. The van der Waals surface area contributed by atoms with Gasteiger partial charge < -0.3 is 15.8 Å². The molecule has 0 heterocycles. The Hall–Kier alpha value is -2.02. The van der Waals surface area contributed by atoms with Gasteiger partial charge in [-0.1, -0.05) is 18.2 Å². The predicted octanol–water partition coefficient (Wildman–Crippen LogP) is 0.567. The molecule has 6 nitrogen and oxygen atoms in total. The van der Waals surface area contributed by atoms with Gasteiger partial charge in [-0.15, -0.1) is 0 Å². The van der Waals surface area contributed by atoms with Gasteiger partial charge >= 0.3 is 5.97 Å². The Balaban J connectivity index is 2.66. The number of rotatable bonds is 8. The number of esters is 1. The van der Waals surface area contributed by atoms with E-state index in [4.69, 9.17) is 10.5 Å². The number of carbonyl (C=O) groups is 3. The van der Waals surface area contributed by atoms with Crippen LogP contribution in [0.4, 0.5) is 0 Å². The van der Waals surface area contributed by atoms with Crippen LogP contribution in [0.15, 0.2) is 30.3 Å². The van der Waals surface area contributed by atoms with Gasteiger partial charge in [0.25, 0.3) is 11.8 Å². The van der Waals surface area contributed by atoms with E-state index in [9.17, 15) is 14.4 Å². The summed E-state index contributed by atoms with van der Waals surface area (Å²) in [7, 11) is 0. The molecule has 1 aromatic carbocycles. The van der Waals surface area contributed by atoms with Crippen LogP contribution in [0.3, 0.4) is 0 Å². The van der Waals surface area contributed by atoms with E-state index in [0.29, 0.717) is 17.7 Å². The van der Waals surface area contributed by atoms with E-state index in [2.05, 4.69) is 5.32 Å². The number of hydrogen-bond acceptors (Lipinski definition) is 5. The maximum absolute atomic E-state index is 12.0. The standard InChI is InChI=1S/C14H18N2O4S/c1-21-8-7-11(14(19)20-9-12(15)17)16-13(18)10-5-3-2-4-6-10/h2-6,11H,7-9H2,1H3,(H2,15,17)(H,16,18)/t11-/m1/s1. The van der Waals surface area contributed by atoms with Crippen molar-refractivity contribution in [1.29, 1.82) is 0 Å². The first-order valence-corrected chi connectivity index (χ1v) is 7.73. The Morgan fingerprint density at radius 3 is 2.52 bits per heavy atom. The van der Waals surface area contributed by atoms with Gasteiger partial charge in [0.15, 0.2) is 6.61 Å². The summed E-state index contributed by atoms with van der Waals surface area (Å²) in [5, 5.41) is 2.61. The van der Waals surface area contributed by atoms with Gasteiger partial charge in [0.2, 0.25) is 0 Å². The molecule has 0 aliphatic heterocycles. The number of primary amides is 1. The highest BCUT2D eigenvalue weighted by Crippen LogP contribution is 2.05. The molecular formula is C14H18N2O4S. The van der Waals surface area contributed by atoms with Gasteiger partial charge in [0.1, 0.15) is 6.04 Å². The van der Waals surface area contributed by atoms with E-state index in [-0.39, 0.29) is 5.91 Å². The first-order chi connectivity index (χ1) is 10.0. The van der Waals surface area contributed by atoms with Crippen molar-refractivity contribution in [2.45, 2.75) is 12.5 Å². The molecule has 1 atom stereocenters. The average molecular weight is 310 g/mol. The SMILES string of the molecule is CSCC[C@@H](NC(=O)c1ccccc1)C(=O)OCC(N)=O. The first kappa shape index (κ1) is 17.0. The van der Waals surface area contributed by atoms with Crippen LogP contribution in [0.1, 0.15) is 16.8 Å². The lowest BCUT2D eigenvalue weighted by molar-refractivity contribution is -0.149. The molecule has 0 radical (unpaired) electrons. The zero-order valence-electron chi connectivity index (χ0n) is 11.7. The predicted molar refractivity (Wildman–Crippen MR) is 80.8 cm³/mol. The summed E-state index contributed by atoms with van der Waals surface area (Å²) in [6, 6.07) is 7.76. The number of hydrogen-bond donors (Lipinski definition) is 2. The van der Waals surface area contributed by atoms with Gasteiger partial charge in [0.05, 0.1) is 0 Å². The van der Waals surface area contributed by atoms with E-state index in [0.717, 1.165) is 0 Å². The number of nitrogens with two attached hydrogens (primary N) is 1. The van der Waals surface area contributed by atoms with E-state index in [1.54, 1.807) is 42.1 Å². The van der Waals surface area contributed by atoms with Crippen LogP contribution in [0.5, 0.6) is 0 Å². The average Bonchev–Trinajstić information content (AvgIpc) is 2.49. The lowest BCUT2D eigenvalue weighted by Gasteiger charge is -2.17. The van der Waals surface area contributed by atoms with Crippen molar-refractivity contribution in [2.24, 2.45) is 5.73 Å². The fraction of sp³-hybridized carbons (Fsp3) is 0.357. The molecule has 2 amide bonds. The Morgan fingerprint density at radius 1 is 1.29 bits per heavy atom. The molecule has 21 heavy (non-hydrogen) atoms. The fourth-order valence-corrected chi connectivity index (χ4v) is 2.03. The van der Waals surface area contributed by atoms with Crippen molar-refractivity contribution >= 4 is 29.5 Å². The van der Waals surface area contributed by atoms with E-state index in [1.165, 1.54) is 0 Å². The summed E-state index contributed by atoms with van der Waals surface area (Å²) >= 11 is 1.54. The lowest BCUT2D eigenvalue weighted by atomic mass is 10.1. The molecule has 114 valence electrons. The molecule has 0 aromatic heterocycles. The summed E-state index contributed by atoms with van der Waals surface area (Å²) in [6.45, 7) is -0.490. The quantitative estimate of drug-likeness (QED) is 0.684. The van der Waals surface area contributed by atoms with E-state index in [1.807, 2.05) is 6.26 Å². The van der Waals surface area contributed by atoms with Gasteiger partial charge in [-0.25, -0.2) is 4.79 Å². The molecule has 0 aliphatic rings. The molecule has 0 saturated carbocycles. The second kappa shape index (κ2) is 9.02. The van der Waals surface area contributed by atoms with Crippen LogP contribution in [-0.2, 0) is 14.3 Å². The largest absolute Gasteiger partial charge is 0.454 e. The van der Waals surface area contributed by atoms with Crippen LogP contribution >= 0.6 is 11.8 Å². The van der Waals surface area contributed by atoms with Gasteiger partial charge in [-0.3, -0.25) is 9.59 Å². The van der Waals surface area contributed by atoms with Crippen LogP contribution in [-0.4, -0.2) is 42.4 Å². The highest BCUT2D eigenvalue weighted by Gasteiger charge is 2.22. The minimum absolute atomic E-state index is 0.363. The number of nitrogens with one attached hydrogen (secondary N) is 1. The summed E-state index contributed by atoms with van der Waals surface area (Å²) in [6.07, 6.45) is 2.31. The third kappa shape index (κ3) is 6.31. The minimum Gasteiger partial charge on any atom is -0.454 e. The smallest absolute Gasteiger partial charge is 0.329 e. The maximum Gasteiger partial charge on any atom is 0.329 e. The van der Waals surface area contributed by atoms with Gasteiger partial charge in [0, 0.05) is 5.56 Å². The molecule has 0 fully saturated rings. The van der Waals surface area contributed by atoms with Crippen LogP contribution in [0, 0.1) is 0 Å². The zero-order chi connectivity index (χ0) is 15.7. The Morgan fingerprint density at radius 2 is 1.95 bits per heavy atom.